The van der Waals surface area contributed by atoms with Gasteiger partial charge in [0.05, 0.1) is 19.8 Å². The van der Waals surface area contributed by atoms with Crippen molar-refractivity contribution in [1.29, 1.82) is 0 Å². The van der Waals surface area contributed by atoms with Gasteiger partial charge >= 0.3 is 0 Å². The van der Waals surface area contributed by atoms with Gasteiger partial charge in [-0.3, -0.25) is 9.59 Å². The van der Waals surface area contributed by atoms with Crippen LogP contribution in [0.2, 0.25) is 0 Å². The Morgan fingerprint density at radius 3 is 2.42 bits per heavy atom. The quantitative estimate of drug-likeness (QED) is 0.840. The summed E-state index contributed by atoms with van der Waals surface area (Å²) in [6, 6.07) is 5.12. The van der Waals surface area contributed by atoms with Crippen LogP contribution in [0.25, 0.3) is 0 Å². The van der Waals surface area contributed by atoms with Crippen molar-refractivity contribution in [2.24, 2.45) is 11.7 Å². The van der Waals surface area contributed by atoms with Crippen molar-refractivity contribution in [2.75, 3.05) is 19.5 Å². The van der Waals surface area contributed by atoms with Crippen molar-refractivity contribution in [1.82, 2.24) is 0 Å². The van der Waals surface area contributed by atoms with Crippen molar-refractivity contribution < 1.29 is 19.1 Å². The van der Waals surface area contributed by atoms with E-state index in [1.54, 1.807) is 18.2 Å². The molecule has 0 bridgehead atoms. The Hall–Kier alpha value is -2.54. The zero-order chi connectivity index (χ0) is 18.8. The molecule has 1 heterocycles. The first-order valence-corrected chi connectivity index (χ1v) is 9.24. The Morgan fingerprint density at radius 1 is 1.19 bits per heavy atom. The predicted molar refractivity (Wildman–Crippen MR) is 102 cm³/mol. The smallest absolute Gasteiger partial charge is 0.263 e. The summed E-state index contributed by atoms with van der Waals surface area (Å²) in [6.45, 7) is 2.19. The highest BCUT2D eigenvalue weighted by molar-refractivity contribution is 7.17. The van der Waals surface area contributed by atoms with Gasteiger partial charge < -0.3 is 20.5 Å². The molecule has 1 aliphatic rings. The van der Waals surface area contributed by atoms with Gasteiger partial charge in [0.1, 0.15) is 22.1 Å². The molecule has 3 rings (SSSR count). The lowest BCUT2D eigenvalue weighted by molar-refractivity contribution is 0.1000. The second-order valence-corrected chi connectivity index (χ2v) is 7.52. The summed E-state index contributed by atoms with van der Waals surface area (Å²) in [5, 5.41) is 3.34. The molecule has 0 spiro atoms. The van der Waals surface area contributed by atoms with Crippen LogP contribution in [-0.2, 0) is 12.8 Å². The molecule has 1 aliphatic carbocycles. The van der Waals surface area contributed by atoms with Crippen LogP contribution in [0.4, 0.5) is 5.00 Å². The topological polar surface area (TPSA) is 90.7 Å². The second kappa shape index (κ2) is 7.37. The number of methoxy groups -OCH3 is 2. The molecule has 1 aromatic carbocycles. The first-order valence-electron chi connectivity index (χ1n) is 8.42. The lowest BCUT2D eigenvalue weighted by Crippen LogP contribution is -2.20. The monoisotopic (exact) mass is 374 g/mol. The fourth-order valence-electron chi connectivity index (χ4n) is 3.34. The molecule has 1 aromatic heterocycles. The average molecular weight is 374 g/mol. The SMILES string of the molecule is COc1cccc(OC)c1C(=O)Nc1sc2c(c1C(N)=O)CCC(C)C2. The van der Waals surface area contributed by atoms with E-state index in [0.29, 0.717) is 28.0 Å². The molecule has 1 unspecified atom stereocenters. The van der Waals surface area contributed by atoms with Crippen molar-refractivity contribution >= 4 is 28.2 Å². The maximum absolute atomic E-state index is 12.9. The number of hydrogen-bond donors (Lipinski definition) is 2. The Morgan fingerprint density at radius 2 is 1.85 bits per heavy atom. The number of benzene rings is 1. The number of thiophene rings is 1. The molecule has 2 aromatic rings. The van der Waals surface area contributed by atoms with Crippen LogP contribution in [0.1, 0.15) is 44.5 Å². The molecule has 26 heavy (non-hydrogen) atoms. The second-order valence-electron chi connectivity index (χ2n) is 6.41. The van der Waals surface area contributed by atoms with Gasteiger partial charge in [-0.1, -0.05) is 13.0 Å². The molecule has 0 aliphatic heterocycles. The van der Waals surface area contributed by atoms with Crippen molar-refractivity contribution in [2.45, 2.75) is 26.2 Å². The number of nitrogens with one attached hydrogen (secondary N) is 1. The normalized spacial score (nSPS) is 15.9. The van der Waals surface area contributed by atoms with E-state index in [-0.39, 0.29) is 5.56 Å². The zero-order valence-corrected chi connectivity index (χ0v) is 15.9. The molecule has 0 fully saturated rings. The van der Waals surface area contributed by atoms with Crippen molar-refractivity contribution in [3.63, 3.8) is 0 Å². The van der Waals surface area contributed by atoms with Gasteiger partial charge in [0, 0.05) is 4.88 Å². The average Bonchev–Trinajstić information content (AvgIpc) is 2.97. The number of primary amides is 1. The highest BCUT2D eigenvalue weighted by Crippen LogP contribution is 2.40. The Kier molecular flexibility index (Phi) is 5.18. The molecule has 0 radical (unpaired) electrons. The number of carbonyl (C=O) groups is 2. The lowest BCUT2D eigenvalue weighted by Gasteiger charge is -2.18. The van der Waals surface area contributed by atoms with Crippen molar-refractivity contribution in [3.8, 4) is 11.5 Å². The van der Waals surface area contributed by atoms with Crippen LogP contribution in [-0.4, -0.2) is 26.0 Å². The third-order valence-electron chi connectivity index (χ3n) is 4.64. The maximum Gasteiger partial charge on any atom is 0.263 e. The van der Waals surface area contributed by atoms with E-state index in [9.17, 15) is 9.59 Å². The van der Waals surface area contributed by atoms with E-state index in [2.05, 4.69) is 12.2 Å². The van der Waals surface area contributed by atoms with Gasteiger partial charge in [0.15, 0.2) is 0 Å². The van der Waals surface area contributed by atoms with E-state index in [4.69, 9.17) is 15.2 Å². The fraction of sp³-hybridized carbons (Fsp3) is 0.368. The van der Waals surface area contributed by atoms with Crippen molar-refractivity contribution in [3.05, 3.63) is 39.8 Å². The zero-order valence-electron chi connectivity index (χ0n) is 15.0. The molecule has 0 saturated carbocycles. The summed E-state index contributed by atoms with van der Waals surface area (Å²) in [5.41, 5.74) is 7.30. The Bertz CT molecular complexity index is 837. The van der Waals surface area contributed by atoms with Crippen LogP contribution in [0, 0.1) is 5.92 Å². The minimum absolute atomic E-state index is 0.285. The number of hydrogen-bond acceptors (Lipinski definition) is 5. The molecule has 3 N–H and O–H groups in total. The largest absolute Gasteiger partial charge is 0.496 e. The molecule has 2 amide bonds. The van der Waals surface area contributed by atoms with E-state index >= 15 is 0 Å². The molecular weight excluding hydrogens is 352 g/mol. The van der Waals surface area contributed by atoms with Crippen LogP contribution in [0.3, 0.4) is 0 Å². The highest BCUT2D eigenvalue weighted by Gasteiger charge is 2.28. The first kappa shape index (κ1) is 18.3. The van der Waals surface area contributed by atoms with Crippen LogP contribution in [0.15, 0.2) is 18.2 Å². The minimum Gasteiger partial charge on any atom is -0.496 e. The molecule has 0 saturated heterocycles. The van der Waals surface area contributed by atoms with Gasteiger partial charge in [-0.05, 0) is 42.9 Å². The Labute approximate surface area is 156 Å². The number of nitrogens with two attached hydrogens (primary N) is 1. The van der Waals surface area contributed by atoms with Crippen LogP contribution >= 0.6 is 11.3 Å². The summed E-state index contributed by atoms with van der Waals surface area (Å²) >= 11 is 1.43. The number of carbonyl (C=O) groups excluding carboxylic acids is 2. The standard InChI is InChI=1S/C19H22N2O4S/c1-10-7-8-11-14(9-10)26-19(15(11)17(20)22)21-18(23)16-12(24-2)5-4-6-13(16)25-3/h4-6,10H,7-9H2,1-3H3,(H2,20,22)(H,21,23). The summed E-state index contributed by atoms with van der Waals surface area (Å²) < 4.78 is 10.6. The third-order valence-corrected chi connectivity index (χ3v) is 5.81. The van der Waals surface area contributed by atoms with E-state index in [1.807, 2.05) is 0 Å². The van der Waals surface area contributed by atoms with Gasteiger partial charge in [-0.2, -0.15) is 0 Å². The number of ether oxygens (including phenoxy) is 2. The molecule has 7 heteroatoms. The van der Waals surface area contributed by atoms with E-state index < -0.39 is 11.8 Å². The van der Waals surface area contributed by atoms with Crippen LogP contribution in [0.5, 0.6) is 11.5 Å². The summed E-state index contributed by atoms with van der Waals surface area (Å²) in [7, 11) is 2.98. The van der Waals surface area contributed by atoms with Gasteiger partial charge in [-0.25, -0.2) is 0 Å². The van der Waals surface area contributed by atoms with Gasteiger partial charge in [-0.15, -0.1) is 11.3 Å². The van der Waals surface area contributed by atoms with Crippen LogP contribution < -0.4 is 20.5 Å². The first-order chi connectivity index (χ1) is 12.5. The number of anilines is 1. The molecule has 138 valence electrons. The van der Waals surface area contributed by atoms with Gasteiger partial charge in [0.2, 0.25) is 0 Å². The summed E-state index contributed by atoms with van der Waals surface area (Å²) in [5.74, 6) is 0.447. The third kappa shape index (κ3) is 3.26. The summed E-state index contributed by atoms with van der Waals surface area (Å²) in [4.78, 5) is 26.1. The number of fused-ring (bicyclic) bond motifs is 1. The maximum atomic E-state index is 12.9. The van der Waals surface area contributed by atoms with Gasteiger partial charge in [0.25, 0.3) is 11.8 Å². The molecular formula is C19H22N2O4S. The predicted octanol–water partition coefficient (Wildman–Crippen LogP) is 3.24. The Balaban J connectivity index is 2.00. The van der Waals surface area contributed by atoms with E-state index in [1.165, 1.54) is 25.6 Å². The fourth-order valence-corrected chi connectivity index (χ4v) is 4.75. The number of amides is 2. The van der Waals surface area contributed by atoms with E-state index in [0.717, 1.165) is 29.7 Å². The minimum atomic E-state index is -0.514. The lowest BCUT2D eigenvalue weighted by atomic mass is 9.88. The highest BCUT2D eigenvalue weighted by atomic mass is 32.1. The summed E-state index contributed by atoms with van der Waals surface area (Å²) in [6.07, 6.45) is 2.71. The molecule has 1 atom stereocenters. The number of rotatable bonds is 5. The molecule has 6 nitrogen and oxygen atoms in total.